The normalized spacial score (nSPS) is 13.5. The van der Waals surface area contributed by atoms with Crippen molar-refractivity contribution in [1.82, 2.24) is 4.90 Å². The minimum atomic E-state index is -0.297. The molecule has 7 heteroatoms. The summed E-state index contributed by atoms with van der Waals surface area (Å²) in [5.41, 5.74) is 3.38. The molecule has 6 nitrogen and oxygen atoms in total. The Kier molecular flexibility index (Phi) is 6.68. The molecule has 2 amide bonds. The summed E-state index contributed by atoms with van der Waals surface area (Å²) in [5.74, 6) is 0.674. The van der Waals surface area contributed by atoms with Gasteiger partial charge in [-0.15, -0.1) is 0 Å². The summed E-state index contributed by atoms with van der Waals surface area (Å²) in [6.45, 7) is 2.86. The van der Waals surface area contributed by atoms with Gasteiger partial charge in [-0.05, 0) is 60.7 Å². The summed E-state index contributed by atoms with van der Waals surface area (Å²) < 4.78 is 6.74. The Labute approximate surface area is 212 Å². The highest BCUT2D eigenvalue weighted by atomic mass is 79.9. The first-order valence-corrected chi connectivity index (χ1v) is 12.2. The minimum Gasteiger partial charge on any atom is -0.451 e. The van der Waals surface area contributed by atoms with Gasteiger partial charge >= 0.3 is 0 Å². The van der Waals surface area contributed by atoms with Gasteiger partial charge in [0, 0.05) is 53.2 Å². The summed E-state index contributed by atoms with van der Waals surface area (Å²) in [4.78, 5) is 29.5. The number of nitrogens with one attached hydrogen (secondary N) is 1. The van der Waals surface area contributed by atoms with Crippen LogP contribution in [-0.2, 0) is 0 Å². The van der Waals surface area contributed by atoms with E-state index in [1.54, 1.807) is 12.1 Å². The van der Waals surface area contributed by atoms with Gasteiger partial charge in [-0.2, -0.15) is 0 Å². The number of carbonyl (C=O) groups excluding carboxylic acids is 2. The molecule has 0 unspecified atom stereocenters. The number of rotatable bonds is 5. The van der Waals surface area contributed by atoms with Crippen LogP contribution in [0.4, 0.5) is 11.4 Å². The summed E-state index contributed by atoms with van der Waals surface area (Å²) in [6, 6.07) is 28.3. The highest BCUT2D eigenvalue weighted by Crippen LogP contribution is 2.25. The molecule has 2 heterocycles. The first-order chi connectivity index (χ1) is 17.1. The van der Waals surface area contributed by atoms with E-state index in [1.165, 1.54) is 0 Å². The third-order valence-corrected chi connectivity index (χ3v) is 6.57. The van der Waals surface area contributed by atoms with Crippen molar-refractivity contribution in [1.29, 1.82) is 0 Å². The minimum absolute atomic E-state index is 0.0736. The Morgan fingerprint density at radius 3 is 2.14 bits per heavy atom. The number of carbonyl (C=O) groups is 2. The van der Waals surface area contributed by atoms with Crippen molar-refractivity contribution in [3.8, 4) is 11.3 Å². The molecule has 3 aromatic carbocycles. The number of piperazine rings is 1. The van der Waals surface area contributed by atoms with E-state index in [4.69, 9.17) is 4.42 Å². The highest BCUT2D eigenvalue weighted by Gasteiger charge is 2.22. The van der Waals surface area contributed by atoms with Crippen molar-refractivity contribution in [3.05, 3.63) is 107 Å². The molecule has 1 fully saturated rings. The number of amides is 2. The number of hydrogen-bond acceptors (Lipinski definition) is 4. The van der Waals surface area contributed by atoms with Crippen molar-refractivity contribution in [2.75, 3.05) is 36.4 Å². The van der Waals surface area contributed by atoms with Crippen LogP contribution < -0.4 is 10.2 Å². The Morgan fingerprint density at radius 1 is 0.771 bits per heavy atom. The quantitative estimate of drug-likeness (QED) is 0.348. The second-order valence-corrected chi connectivity index (χ2v) is 9.23. The van der Waals surface area contributed by atoms with E-state index in [1.807, 2.05) is 83.8 Å². The van der Waals surface area contributed by atoms with Gasteiger partial charge in [0.15, 0.2) is 5.76 Å². The maximum absolute atomic E-state index is 12.7. The van der Waals surface area contributed by atoms with Gasteiger partial charge in [-0.1, -0.05) is 46.3 Å². The van der Waals surface area contributed by atoms with Crippen LogP contribution in [-0.4, -0.2) is 42.9 Å². The summed E-state index contributed by atoms with van der Waals surface area (Å²) in [7, 11) is 0. The van der Waals surface area contributed by atoms with Gasteiger partial charge in [0.2, 0.25) is 0 Å². The van der Waals surface area contributed by atoms with E-state index in [0.717, 1.165) is 34.4 Å². The number of hydrogen-bond donors (Lipinski definition) is 1. The number of benzene rings is 3. The van der Waals surface area contributed by atoms with Crippen LogP contribution in [0.15, 0.2) is 99.9 Å². The van der Waals surface area contributed by atoms with Crippen LogP contribution in [0.2, 0.25) is 0 Å². The summed E-state index contributed by atoms with van der Waals surface area (Å²) in [6.07, 6.45) is 0. The molecule has 4 aromatic rings. The van der Waals surface area contributed by atoms with Gasteiger partial charge < -0.3 is 19.5 Å². The maximum atomic E-state index is 12.7. The van der Waals surface area contributed by atoms with E-state index in [0.29, 0.717) is 24.5 Å². The molecule has 0 bridgehead atoms. The van der Waals surface area contributed by atoms with Crippen molar-refractivity contribution < 1.29 is 14.0 Å². The molecule has 1 N–H and O–H groups in total. The number of anilines is 2. The number of furan rings is 1. The lowest BCUT2D eigenvalue weighted by molar-refractivity contribution is 0.0746. The van der Waals surface area contributed by atoms with Crippen LogP contribution in [0.1, 0.15) is 20.9 Å². The first-order valence-electron chi connectivity index (χ1n) is 11.4. The predicted molar refractivity (Wildman–Crippen MR) is 141 cm³/mol. The van der Waals surface area contributed by atoms with Crippen molar-refractivity contribution in [2.24, 2.45) is 0 Å². The van der Waals surface area contributed by atoms with Crippen molar-refractivity contribution >= 4 is 39.1 Å². The van der Waals surface area contributed by atoms with Crippen LogP contribution in [0, 0.1) is 0 Å². The Hall–Kier alpha value is -3.84. The lowest BCUT2D eigenvalue weighted by Gasteiger charge is -2.36. The Morgan fingerprint density at radius 2 is 1.46 bits per heavy atom. The van der Waals surface area contributed by atoms with E-state index < -0.39 is 0 Å². The average molecular weight is 530 g/mol. The largest absolute Gasteiger partial charge is 0.451 e. The van der Waals surface area contributed by atoms with Crippen molar-refractivity contribution in [2.45, 2.75) is 0 Å². The Balaban J connectivity index is 1.17. The van der Waals surface area contributed by atoms with Gasteiger partial charge in [0.05, 0.1) is 0 Å². The average Bonchev–Trinajstić information content (AvgIpc) is 3.40. The zero-order valence-electron chi connectivity index (χ0n) is 19.0. The van der Waals surface area contributed by atoms with Crippen LogP contribution >= 0.6 is 15.9 Å². The number of halogens is 1. The summed E-state index contributed by atoms with van der Waals surface area (Å²) >= 11 is 3.42. The molecule has 176 valence electrons. The molecular formula is C28H24BrN3O3. The molecule has 0 aliphatic carbocycles. The van der Waals surface area contributed by atoms with E-state index >= 15 is 0 Å². The molecule has 1 saturated heterocycles. The van der Waals surface area contributed by atoms with Gasteiger partial charge in [-0.3, -0.25) is 9.59 Å². The van der Waals surface area contributed by atoms with Gasteiger partial charge in [0.25, 0.3) is 11.8 Å². The summed E-state index contributed by atoms with van der Waals surface area (Å²) in [5, 5.41) is 2.89. The number of nitrogens with zero attached hydrogens (tertiary/aromatic N) is 2. The fourth-order valence-corrected chi connectivity index (χ4v) is 4.37. The topological polar surface area (TPSA) is 65.8 Å². The molecule has 0 saturated carbocycles. The second-order valence-electron chi connectivity index (χ2n) is 8.32. The Bertz CT molecular complexity index is 1310. The molecule has 1 aromatic heterocycles. The van der Waals surface area contributed by atoms with Crippen LogP contribution in [0.25, 0.3) is 11.3 Å². The molecule has 35 heavy (non-hydrogen) atoms. The molecule has 0 spiro atoms. The van der Waals surface area contributed by atoms with Crippen LogP contribution in [0.3, 0.4) is 0 Å². The monoisotopic (exact) mass is 529 g/mol. The van der Waals surface area contributed by atoms with E-state index in [9.17, 15) is 9.59 Å². The molecule has 0 radical (unpaired) electrons. The standard InChI is InChI=1S/C28H24BrN3O3/c29-22-8-6-20(7-9-22)25-14-15-26(35-25)27(33)30-23-10-12-24(13-11-23)31-16-18-32(19-17-31)28(34)21-4-2-1-3-5-21/h1-15H,16-19H2,(H,30,33). The molecule has 1 aliphatic heterocycles. The molecule has 5 rings (SSSR count). The third-order valence-electron chi connectivity index (χ3n) is 6.04. The third kappa shape index (κ3) is 5.30. The zero-order valence-corrected chi connectivity index (χ0v) is 20.6. The van der Waals surface area contributed by atoms with Gasteiger partial charge in [-0.25, -0.2) is 0 Å². The fourth-order valence-electron chi connectivity index (χ4n) is 4.11. The molecular weight excluding hydrogens is 506 g/mol. The smallest absolute Gasteiger partial charge is 0.291 e. The SMILES string of the molecule is O=C(Nc1ccc(N2CCN(C(=O)c3ccccc3)CC2)cc1)c1ccc(-c2ccc(Br)cc2)o1. The highest BCUT2D eigenvalue weighted by molar-refractivity contribution is 9.10. The van der Waals surface area contributed by atoms with Crippen LogP contribution in [0.5, 0.6) is 0 Å². The lowest BCUT2D eigenvalue weighted by atomic mass is 10.1. The van der Waals surface area contributed by atoms with Gasteiger partial charge in [0.1, 0.15) is 5.76 Å². The van der Waals surface area contributed by atoms with E-state index in [-0.39, 0.29) is 17.6 Å². The lowest BCUT2D eigenvalue weighted by Crippen LogP contribution is -2.48. The molecule has 1 aliphatic rings. The zero-order chi connectivity index (χ0) is 24.2. The fraction of sp³-hybridized carbons (Fsp3) is 0.143. The first kappa shape index (κ1) is 22.9. The predicted octanol–water partition coefficient (Wildman–Crippen LogP) is 5.92. The van der Waals surface area contributed by atoms with Crippen molar-refractivity contribution in [3.63, 3.8) is 0 Å². The maximum Gasteiger partial charge on any atom is 0.291 e. The molecule has 0 atom stereocenters. The van der Waals surface area contributed by atoms with E-state index in [2.05, 4.69) is 26.1 Å². The second kappa shape index (κ2) is 10.2.